The van der Waals surface area contributed by atoms with E-state index in [1.54, 1.807) is 0 Å². The first kappa shape index (κ1) is 13.4. The Morgan fingerprint density at radius 2 is 2.12 bits per heavy atom. The van der Waals surface area contributed by atoms with Gasteiger partial charge in [-0.3, -0.25) is 4.90 Å². The zero-order chi connectivity index (χ0) is 12.1. The van der Waals surface area contributed by atoms with E-state index in [2.05, 4.69) is 11.8 Å². The number of halogens is 1. The summed E-state index contributed by atoms with van der Waals surface area (Å²) in [4.78, 5) is 2.75. The van der Waals surface area contributed by atoms with E-state index in [9.17, 15) is 0 Å². The monoisotopic (exact) mass is 256 g/mol. The van der Waals surface area contributed by atoms with Gasteiger partial charge in [-0.25, -0.2) is 0 Å². The third kappa shape index (κ3) is 3.74. The minimum absolute atomic E-state index is 0.267. The summed E-state index contributed by atoms with van der Waals surface area (Å²) in [5.41, 5.74) is 6.62. The maximum Gasteiger partial charge on any atom is 0.0740 e. The van der Waals surface area contributed by atoms with E-state index in [4.69, 9.17) is 29.6 Å². The van der Waals surface area contributed by atoms with Gasteiger partial charge in [0.05, 0.1) is 4.99 Å². The summed E-state index contributed by atoms with van der Waals surface area (Å²) in [6.07, 6.45) is 0.737. The zero-order valence-corrected chi connectivity index (χ0v) is 11.2. The van der Waals surface area contributed by atoms with Gasteiger partial charge in [0.2, 0.25) is 0 Å². The normalized spacial score (nSPS) is 12.8. The van der Waals surface area contributed by atoms with Crippen molar-refractivity contribution >= 4 is 28.8 Å². The quantitative estimate of drug-likeness (QED) is 0.822. The van der Waals surface area contributed by atoms with Crippen molar-refractivity contribution in [2.75, 3.05) is 13.6 Å². The van der Waals surface area contributed by atoms with Crippen molar-refractivity contribution in [3.63, 3.8) is 0 Å². The third-order valence-corrected chi connectivity index (χ3v) is 3.28. The molecule has 1 aromatic rings. The predicted molar refractivity (Wildman–Crippen MR) is 73.9 cm³/mol. The number of thiocarbonyl (C=S) groups is 1. The molecule has 2 nitrogen and oxygen atoms in total. The summed E-state index contributed by atoms with van der Waals surface area (Å²) in [5, 5.41) is 0.803. The molecule has 1 unspecified atom stereocenters. The summed E-state index contributed by atoms with van der Waals surface area (Å²) in [6, 6.07) is 8.16. The first-order chi connectivity index (χ1) is 7.52. The van der Waals surface area contributed by atoms with Crippen molar-refractivity contribution in [3.8, 4) is 0 Å². The summed E-state index contributed by atoms with van der Waals surface area (Å²) < 4.78 is 0. The first-order valence-electron chi connectivity index (χ1n) is 5.25. The maximum absolute atomic E-state index is 6.15. The van der Waals surface area contributed by atoms with Crippen molar-refractivity contribution in [2.24, 2.45) is 5.73 Å². The molecule has 4 heteroatoms. The molecule has 0 amide bonds. The fourth-order valence-corrected chi connectivity index (χ4v) is 1.92. The van der Waals surface area contributed by atoms with Crippen LogP contribution in [0.15, 0.2) is 24.3 Å². The van der Waals surface area contributed by atoms with Crippen molar-refractivity contribution in [1.29, 1.82) is 0 Å². The molecule has 0 heterocycles. The number of nitrogens with two attached hydrogens (primary N) is 1. The fraction of sp³-hybridized carbons (Fsp3) is 0.417. The molecule has 2 N–H and O–H groups in total. The maximum atomic E-state index is 6.15. The average molecular weight is 257 g/mol. The van der Waals surface area contributed by atoms with E-state index in [-0.39, 0.29) is 6.04 Å². The molecule has 0 bridgehead atoms. The highest BCUT2D eigenvalue weighted by Gasteiger charge is 2.13. The van der Waals surface area contributed by atoms with Crippen molar-refractivity contribution < 1.29 is 0 Å². The smallest absolute Gasteiger partial charge is 0.0740 e. The second kappa shape index (κ2) is 6.18. The summed E-state index contributed by atoms with van der Waals surface area (Å²) in [5.74, 6) is 0. The Kier molecular flexibility index (Phi) is 5.19. The highest BCUT2D eigenvalue weighted by molar-refractivity contribution is 7.80. The Bertz CT molecular complexity index is 368. The molecule has 0 saturated carbocycles. The Hall–Kier alpha value is -0.640. The molecule has 0 radical (unpaired) electrons. The van der Waals surface area contributed by atoms with E-state index in [0.717, 1.165) is 23.6 Å². The summed E-state index contributed by atoms with van der Waals surface area (Å²) in [7, 11) is 2.05. The second-order valence-corrected chi connectivity index (χ2v) is 4.83. The van der Waals surface area contributed by atoms with Gasteiger partial charge in [-0.1, -0.05) is 42.0 Å². The van der Waals surface area contributed by atoms with Gasteiger partial charge in [0, 0.05) is 24.0 Å². The second-order valence-electron chi connectivity index (χ2n) is 3.89. The number of rotatable bonds is 5. The Morgan fingerprint density at radius 1 is 1.50 bits per heavy atom. The topological polar surface area (TPSA) is 29.3 Å². The standard InChI is InChI=1S/C12H17ClN2S/c1-9(15(2)8-7-12(14)16)10-5-3-4-6-11(10)13/h3-6,9H,7-8H2,1-2H3,(H2,14,16). The van der Waals surface area contributed by atoms with Crippen LogP contribution in [-0.2, 0) is 0 Å². The highest BCUT2D eigenvalue weighted by atomic mass is 35.5. The summed E-state index contributed by atoms with van der Waals surface area (Å²) in [6.45, 7) is 2.97. The van der Waals surface area contributed by atoms with Gasteiger partial charge < -0.3 is 5.73 Å². The number of hydrogen-bond acceptors (Lipinski definition) is 2. The zero-order valence-electron chi connectivity index (χ0n) is 9.61. The lowest BCUT2D eigenvalue weighted by Crippen LogP contribution is -2.26. The van der Waals surface area contributed by atoms with E-state index in [1.807, 2.05) is 31.3 Å². The number of hydrogen-bond donors (Lipinski definition) is 1. The largest absolute Gasteiger partial charge is 0.393 e. The van der Waals surface area contributed by atoms with Crippen LogP contribution in [0.4, 0.5) is 0 Å². The van der Waals surface area contributed by atoms with Crippen LogP contribution in [0, 0.1) is 0 Å². The van der Waals surface area contributed by atoms with Crippen LogP contribution in [0.5, 0.6) is 0 Å². The van der Waals surface area contributed by atoms with Crippen molar-refractivity contribution in [1.82, 2.24) is 4.90 Å². The molecule has 1 atom stereocenters. The van der Waals surface area contributed by atoms with E-state index in [0.29, 0.717) is 4.99 Å². The van der Waals surface area contributed by atoms with Crippen molar-refractivity contribution in [2.45, 2.75) is 19.4 Å². The molecule has 88 valence electrons. The molecule has 0 fully saturated rings. The van der Waals surface area contributed by atoms with Gasteiger partial charge >= 0.3 is 0 Å². The average Bonchev–Trinajstić information content (AvgIpc) is 2.25. The van der Waals surface area contributed by atoms with Gasteiger partial charge in [-0.2, -0.15) is 0 Å². The molecular weight excluding hydrogens is 240 g/mol. The van der Waals surface area contributed by atoms with Gasteiger partial charge in [0.15, 0.2) is 0 Å². The van der Waals surface area contributed by atoms with Crippen LogP contribution in [0.2, 0.25) is 5.02 Å². The predicted octanol–water partition coefficient (Wildman–Crippen LogP) is 3.01. The van der Waals surface area contributed by atoms with Crippen LogP contribution in [0.25, 0.3) is 0 Å². The molecule has 16 heavy (non-hydrogen) atoms. The molecule has 0 aromatic heterocycles. The molecule has 1 aromatic carbocycles. The molecular formula is C12H17ClN2S. The van der Waals surface area contributed by atoms with Crippen LogP contribution < -0.4 is 5.73 Å². The Labute approximate surface area is 107 Å². The fourth-order valence-electron chi connectivity index (χ4n) is 1.53. The first-order valence-corrected chi connectivity index (χ1v) is 6.04. The third-order valence-electron chi connectivity index (χ3n) is 2.73. The van der Waals surface area contributed by atoms with Gasteiger partial charge in [-0.15, -0.1) is 0 Å². The number of nitrogens with zero attached hydrogens (tertiary/aromatic N) is 1. The molecule has 0 spiro atoms. The minimum atomic E-state index is 0.267. The lowest BCUT2D eigenvalue weighted by molar-refractivity contribution is 0.269. The SMILES string of the molecule is CC(c1ccccc1Cl)N(C)CCC(N)=S. The van der Waals surface area contributed by atoms with Crippen LogP contribution in [-0.4, -0.2) is 23.5 Å². The lowest BCUT2D eigenvalue weighted by atomic mass is 10.1. The van der Waals surface area contributed by atoms with Crippen LogP contribution in [0.1, 0.15) is 24.9 Å². The molecule has 0 aliphatic rings. The van der Waals surface area contributed by atoms with Gasteiger partial charge in [-0.05, 0) is 25.6 Å². The Morgan fingerprint density at radius 3 is 2.69 bits per heavy atom. The lowest BCUT2D eigenvalue weighted by Gasteiger charge is -2.25. The molecule has 0 saturated heterocycles. The van der Waals surface area contributed by atoms with E-state index < -0.39 is 0 Å². The minimum Gasteiger partial charge on any atom is -0.393 e. The van der Waals surface area contributed by atoms with E-state index >= 15 is 0 Å². The van der Waals surface area contributed by atoms with Gasteiger partial charge in [0.25, 0.3) is 0 Å². The molecule has 0 aliphatic heterocycles. The highest BCUT2D eigenvalue weighted by Crippen LogP contribution is 2.25. The van der Waals surface area contributed by atoms with Gasteiger partial charge in [0.1, 0.15) is 0 Å². The van der Waals surface area contributed by atoms with Crippen molar-refractivity contribution in [3.05, 3.63) is 34.9 Å². The van der Waals surface area contributed by atoms with Crippen LogP contribution >= 0.6 is 23.8 Å². The summed E-state index contributed by atoms with van der Waals surface area (Å²) >= 11 is 11.0. The molecule has 1 rings (SSSR count). The molecule has 0 aliphatic carbocycles. The number of benzene rings is 1. The Balaban J connectivity index is 2.66. The van der Waals surface area contributed by atoms with Crippen LogP contribution in [0.3, 0.4) is 0 Å². The van der Waals surface area contributed by atoms with E-state index in [1.165, 1.54) is 0 Å².